The van der Waals surface area contributed by atoms with E-state index in [0.29, 0.717) is 22.8 Å². The molecule has 2 rings (SSSR count). The Hall–Kier alpha value is -2.00. The van der Waals surface area contributed by atoms with E-state index in [9.17, 15) is 4.79 Å². The number of hydrogen-bond acceptors (Lipinski definition) is 2. The zero-order valence-corrected chi connectivity index (χ0v) is 12.3. The summed E-state index contributed by atoms with van der Waals surface area (Å²) in [5.41, 5.74) is 8.76. The molecule has 3 nitrogen and oxygen atoms in total. The molecular formula is C16H17ClN2O. The van der Waals surface area contributed by atoms with Crippen molar-refractivity contribution in [1.82, 2.24) is 0 Å². The molecule has 0 aliphatic carbocycles. The number of carbonyl (C=O) groups is 1. The number of nitrogens with zero attached hydrogens (tertiary/aromatic N) is 1. The Kier molecular flexibility index (Phi) is 4.30. The van der Waals surface area contributed by atoms with E-state index in [0.717, 1.165) is 11.3 Å². The van der Waals surface area contributed by atoms with Gasteiger partial charge in [-0.2, -0.15) is 0 Å². The first kappa shape index (κ1) is 14.4. The number of carbonyl (C=O) groups excluding carboxylic acids is 1. The van der Waals surface area contributed by atoms with Crippen molar-refractivity contribution in [2.75, 3.05) is 17.2 Å². The van der Waals surface area contributed by atoms with Crippen LogP contribution in [0.4, 0.5) is 11.4 Å². The van der Waals surface area contributed by atoms with Crippen molar-refractivity contribution in [3.05, 3.63) is 58.6 Å². The lowest BCUT2D eigenvalue weighted by Crippen LogP contribution is -2.31. The molecule has 0 aromatic heterocycles. The minimum absolute atomic E-state index is 0.0785. The smallest absolute Gasteiger partial charge is 0.258 e. The maximum absolute atomic E-state index is 12.6. The van der Waals surface area contributed by atoms with Gasteiger partial charge < -0.3 is 10.6 Å². The van der Waals surface area contributed by atoms with E-state index in [1.54, 1.807) is 29.2 Å². The summed E-state index contributed by atoms with van der Waals surface area (Å²) in [5.74, 6) is -0.0785. The summed E-state index contributed by atoms with van der Waals surface area (Å²) < 4.78 is 0. The third-order valence-electron chi connectivity index (χ3n) is 3.19. The Morgan fingerprint density at radius 3 is 2.55 bits per heavy atom. The molecule has 0 saturated heterocycles. The van der Waals surface area contributed by atoms with Gasteiger partial charge in [0.1, 0.15) is 0 Å². The molecule has 0 aliphatic rings. The second kappa shape index (κ2) is 5.97. The summed E-state index contributed by atoms with van der Waals surface area (Å²) in [6, 6.07) is 12.6. The van der Waals surface area contributed by atoms with Crippen LogP contribution in [0.15, 0.2) is 42.5 Å². The van der Waals surface area contributed by atoms with E-state index in [1.165, 1.54) is 0 Å². The van der Waals surface area contributed by atoms with Gasteiger partial charge in [0.25, 0.3) is 5.91 Å². The Morgan fingerprint density at radius 1 is 1.25 bits per heavy atom. The first-order valence-electron chi connectivity index (χ1n) is 6.47. The zero-order chi connectivity index (χ0) is 14.7. The maximum atomic E-state index is 12.6. The monoisotopic (exact) mass is 288 g/mol. The van der Waals surface area contributed by atoms with Crippen LogP contribution in [0, 0.1) is 6.92 Å². The van der Waals surface area contributed by atoms with Crippen molar-refractivity contribution in [3.8, 4) is 0 Å². The van der Waals surface area contributed by atoms with Gasteiger partial charge in [-0.3, -0.25) is 4.79 Å². The molecule has 0 atom stereocenters. The van der Waals surface area contributed by atoms with Gasteiger partial charge in [-0.15, -0.1) is 0 Å². The van der Waals surface area contributed by atoms with Crippen molar-refractivity contribution in [2.45, 2.75) is 13.8 Å². The van der Waals surface area contributed by atoms with Gasteiger partial charge in [-0.25, -0.2) is 0 Å². The second-order valence-electron chi connectivity index (χ2n) is 4.57. The number of amides is 1. The molecule has 0 radical (unpaired) electrons. The average molecular weight is 289 g/mol. The number of nitrogen functional groups attached to an aromatic ring is 1. The van der Waals surface area contributed by atoms with Crippen LogP contribution in [-0.2, 0) is 0 Å². The predicted octanol–water partition coefficient (Wildman–Crippen LogP) is 3.90. The van der Waals surface area contributed by atoms with E-state index in [1.807, 2.05) is 32.0 Å². The highest BCUT2D eigenvalue weighted by Gasteiger charge is 2.18. The SMILES string of the molecule is CCN(C(=O)c1ccc(Cl)c(C)c1)c1ccccc1N. The van der Waals surface area contributed by atoms with E-state index >= 15 is 0 Å². The number of rotatable bonds is 3. The Labute approximate surface area is 124 Å². The minimum Gasteiger partial charge on any atom is -0.397 e. The van der Waals surface area contributed by atoms with E-state index < -0.39 is 0 Å². The molecule has 0 bridgehead atoms. The third-order valence-corrected chi connectivity index (χ3v) is 3.62. The van der Waals surface area contributed by atoms with Gasteiger partial charge in [-0.1, -0.05) is 23.7 Å². The van der Waals surface area contributed by atoms with Crippen molar-refractivity contribution in [3.63, 3.8) is 0 Å². The molecule has 0 heterocycles. The molecule has 20 heavy (non-hydrogen) atoms. The number of aryl methyl sites for hydroxylation is 1. The van der Waals surface area contributed by atoms with Crippen LogP contribution in [-0.4, -0.2) is 12.5 Å². The predicted molar refractivity (Wildman–Crippen MR) is 84.4 cm³/mol. The van der Waals surface area contributed by atoms with E-state index in [-0.39, 0.29) is 5.91 Å². The highest BCUT2D eigenvalue weighted by molar-refractivity contribution is 6.31. The van der Waals surface area contributed by atoms with Gasteiger partial charge in [0.2, 0.25) is 0 Å². The zero-order valence-electron chi connectivity index (χ0n) is 11.6. The number of para-hydroxylation sites is 2. The van der Waals surface area contributed by atoms with Crippen LogP contribution in [0.25, 0.3) is 0 Å². The molecule has 0 aliphatic heterocycles. The van der Waals surface area contributed by atoms with Crippen LogP contribution in [0.2, 0.25) is 5.02 Å². The van der Waals surface area contributed by atoms with Crippen molar-refractivity contribution < 1.29 is 4.79 Å². The standard InChI is InChI=1S/C16H17ClN2O/c1-3-19(15-7-5-4-6-14(15)18)16(20)12-8-9-13(17)11(2)10-12/h4-10H,3,18H2,1-2H3. The Balaban J connectivity index is 2.39. The van der Waals surface area contributed by atoms with Crippen LogP contribution >= 0.6 is 11.6 Å². The number of benzene rings is 2. The molecule has 0 fully saturated rings. The summed E-state index contributed by atoms with van der Waals surface area (Å²) in [7, 11) is 0. The Morgan fingerprint density at radius 2 is 1.95 bits per heavy atom. The summed E-state index contributed by atoms with van der Waals surface area (Å²) in [6.07, 6.45) is 0. The van der Waals surface area contributed by atoms with Crippen molar-refractivity contribution in [1.29, 1.82) is 0 Å². The highest BCUT2D eigenvalue weighted by Crippen LogP contribution is 2.25. The fourth-order valence-electron chi connectivity index (χ4n) is 2.09. The van der Waals surface area contributed by atoms with Crippen LogP contribution < -0.4 is 10.6 Å². The maximum Gasteiger partial charge on any atom is 0.258 e. The summed E-state index contributed by atoms with van der Waals surface area (Å²) >= 11 is 6.00. The third kappa shape index (κ3) is 2.78. The molecule has 2 aromatic carbocycles. The molecule has 2 N–H and O–H groups in total. The lowest BCUT2D eigenvalue weighted by molar-refractivity contribution is 0.0988. The fraction of sp³-hybridized carbons (Fsp3) is 0.188. The van der Waals surface area contributed by atoms with Crippen LogP contribution in [0.1, 0.15) is 22.8 Å². The average Bonchev–Trinajstić information content (AvgIpc) is 2.44. The fourth-order valence-corrected chi connectivity index (χ4v) is 2.21. The Bertz CT molecular complexity index is 640. The first-order valence-corrected chi connectivity index (χ1v) is 6.85. The minimum atomic E-state index is -0.0785. The van der Waals surface area contributed by atoms with Gasteiger partial charge in [0, 0.05) is 17.1 Å². The summed E-state index contributed by atoms with van der Waals surface area (Å²) in [5, 5.41) is 0.656. The summed E-state index contributed by atoms with van der Waals surface area (Å²) in [4.78, 5) is 14.3. The van der Waals surface area contributed by atoms with Crippen molar-refractivity contribution >= 4 is 28.9 Å². The topological polar surface area (TPSA) is 46.3 Å². The lowest BCUT2D eigenvalue weighted by atomic mass is 10.1. The molecular weight excluding hydrogens is 272 g/mol. The van der Waals surface area contributed by atoms with Crippen LogP contribution in [0.3, 0.4) is 0 Å². The molecule has 4 heteroatoms. The number of anilines is 2. The van der Waals surface area contributed by atoms with E-state index in [2.05, 4.69) is 0 Å². The second-order valence-corrected chi connectivity index (χ2v) is 4.98. The summed E-state index contributed by atoms with van der Waals surface area (Å²) in [6.45, 7) is 4.36. The molecule has 0 saturated carbocycles. The number of halogens is 1. The van der Waals surface area contributed by atoms with Crippen molar-refractivity contribution in [2.24, 2.45) is 0 Å². The molecule has 0 spiro atoms. The number of hydrogen-bond donors (Lipinski definition) is 1. The first-order chi connectivity index (χ1) is 9.54. The van der Waals surface area contributed by atoms with E-state index in [4.69, 9.17) is 17.3 Å². The largest absolute Gasteiger partial charge is 0.397 e. The molecule has 1 amide bonds. The quantitative estimate of drug-likeness (QED) is 0.871. The molecule has 0 unspecified atom stereocenters. The van der Waals surface area contributed by atoms with Gasteiger partial charge in [0.15, 0.2) is 0 Å². The van der Waals surface area contributed by atoms with Gasteiger partial charge >= 0.3 is 0 Å². The molecule has 104 valence electrons. The van der Waals surface area contributed by atoms with Gasteiger partial charge in [-0.05, 0) is 49.7 Å². The van der Waals surface area contributed by atoms with Gasteiger partial charge in [0.05, 0.1) is 11.4 Å². The molecule has 2 aromatic rings. The van der Waals surface area contributed by atoms with Crippen LogP contribution in [0.5, 0.6) is 0 Å². The highest BCUT2D eigenvalue weighted by atomic mass is 35.5. The normalized spacial score (nSPS) is 10.3. The lowest BCUT2D eigenvalue weighted by Gasteiger charge is -2.23. The number of nitrogens with two attached hydrogens (primary N) is 1.